The van der Waals surface area contributed by atoms with Gasteiger partial charge in [0.25, 0.3) is 5.91 Å². The summed E-state index contributed by atoms with van der Waals surface area (Å²) in [5.74, 6) is -2.89. The lowest BCUT2D eigenvalue weighted by molar-refractivity contribution is -0.277. The molecule has 27 heteroatoms. The zero-order valence-corrected chi connectivity index (χ0v) is 50.0. The van der Waals surface area contributed by atoms with Crippen molar-refractivity contribution < 1.29 is 84.4 Å². The molecule has 0 aliphatic carbocycles. The Bertz CT molecular complexity index is 2520. The minimum atomic E-state index is -3.13. The highest BCUT2D eigenvalue weighted by Gasteiger charge is 2.62. The van der Waals surface area contributed by atoms with Gasteiger partial charge >= 0.3 is 35.0 Å². The Balaban J connectivity index is 1.03. The minimum Gasteiger partial charge on any atom is -0.463 e. The van der Waals surface area contributed by atoms with Gasteiger partial charge in [-0.05, 0) is 47.1 Å². The van der Waals surface area contributed by atoms with Crippen LogP contribution in [0.5, 0.6) is 0 Å². The lowest BCUT2D eigenvalue weighted by Gasteiger charge is -2.51. The van der Waals surface area contributed by atoms with Gasteiger partial charge in [-0.25, -0.2) is 15.0 Å². The van der Waals surface area contributed by atoms with Crippen LogP contribution >= 0.6 is 0 Å². The molecule has 0 bridgehead atoms. The van der Waals surface area contributed by atoms with Crippen LogP contribution in [0.25, 0.3) is 11.2 Å². The first kappa shape index (κ1) is 63.8. The summed E-state index contributed by atoms with van der Waals surface area (Å²) in [6, 6.07) is 7.71. The molecule has 3 amide bonds. The third-order valence-corrected chi connectivity index (χ3v) is 24.2. The quantitative estimate of drug-likeness (QED) is 0.0288. The van der Waals surface area contributed by atoms with Crippen molar-refractivity contribution in [1.82, 2.24) is 30.2 Å². The number of esters is 3. The van der Waals surface area contributed by atoms with Crippen LogP contribution in [0.1, 0.15) is 119 Å². The molecule has 9 atom stereocenters. The van der Waals surface area contributed by atoms with E-state index in [1.54, 1.807) is 35.2 Å². The first-order chi connectivity index (χ1) is 38.1. The maximum atomic E-state index is 13.2. The van der Waals surface area contributed by atoms with E-state index in [4.69, 9.17) is 55.6 Å². The van der Waals surface area contributed by atoms with Gasteiger partial charge in [0.05, 0.1) is 32.8 Å². The molecule has 0 spiro atoms. The van der Waals surface area contributed by atoms with E-state index in [1.807, 2.05) is 6.07 Å². The molecule has 3 fully saturated rings. The Labute approximate surface area is 469 Å². The number of hydrogen-bond donors (Lipinski definition) is 3. The number of unbranched alkanes of at least 4 members (excludes halogenated alkanes) is 1. The fourth-order valence-electron chi connectivity index (χ4n) is 10.2. The number of fused-ring (bicyclic) bond motifs is 2. The van der Waals surface area contributed by atoms with Gasteiger partial charge in [0, 0.05) is 52.8 Å². The molecule has 6 rings (SSSR count). The molecule has 3 aliphatic rings. The van der Waals surface area contributed by atoms with Gasteiger partial charge in [-0.3, -0.25) is 33.3 Å². The van der Waals surface area contributed by atoms with Crippen molar-refractivity contribution in [2.24, 2.45) is 0 Å². The summed E-state index contributed by atoms with van der Waals surface area (Å²) < 4.78 is 77.1. The summed E-state index contributed by atoms with van der Waals surface area (Å²) in [6.45, 7) is 22.6. The fourth-order valence-corrected chi connectivity index (χ4v) is 21.4. The largest absolute Gasteiger partial charge is 0.463 e. The van der Waals surface area contributed by atoms with Gasteiger partial charge in [-0.15, -0.1) is 0 Å². The summed E-state index contributed by atoms with van der Waals surface area (Å²) in [7, 11) is -6.05. The number of carbonyl (C=O) groups is 6. The molecule has 25 nitrogen and oxygen atoms in total. The molecule has 0 radical (unpaired) electrons. The van der Waals surface area contributed by atoms with Crippen molar-refractivity contribution in [1.29, 1.82) is 0 Å². The number of carbonyl (C=O) groups excluding carboxylic acids is 6. The highest BCUT2D eigenvalue weighted by molar-refractivity contribution is 6.84. The third kappa shape index (κ3) is 16.2. The SMILES string of the molecule is CC(=O)N[C@H]1[C@H](OCCCCC(=O)NCCOCCOCO[C@@H]2[C@@H]3O[Si](C(C)C)(C(C)C)O[Si](C(C)C)(C(C)C)OC[C@H]3O[C@H]2n2cnc3c(NC(=O)c4ccccc4)ncnc32)O[C@H](COC(C)=O)[C@H](OC(C)=O)[C@@H]1OC(C)=O. The lowest BCUT2D eigenvalue weighted by Crippen LogP contribution is -2.66. The van der Waals surface area contributed by atoms with Crippen molar-refractivity contribution >= 4 is 69.7 Å². The standard InChI is InChI=1S/C53H81N7O18Si2/c1-31(2)79(32(3)4)72-27-41-46(77-80(78-79,33(5)6)34(7)8)48(52(75-41)60-29-57-44-49(55-28-56-50(44)60)59-51(66)39-18-14-13-15-19-39)71-30-68-25-24-67-23-21-54-42(65)20-16-17-22-69-53-43(58-35(9)61)47(74-38(12)64)45(73-37(11)63)40(76-53)26-70-36(10)62/h13-15,18-19,28-29,31-34,40-41,43,45-48,52-53H,16-17,20-27,30H2,1-12H3,(H,54,65)(H,58,61)(H,55,56,59,66)/t40-,41-,43-,45+,46-,47-,48-,52-,53-/m1/s1. The molecular formula is C53H81N7O18Si2. The fraction of sp³-hybridized carbons (Fsp3) is 0.679. The molecule has 3 aliphatic heterocycles. The normalized spacial score (nSPS) is 24.5. The van der Waals surface area contributed by atoms with E-state index in [9.17, 15) is 28.8 Å². The number of ether oxygens (including phenoxy) is 9. The zero-order valence-electron chi connectivity index (χ0n) is 48.0. The number of anilines is 1. The minimum absolute atomic E-state index is 0.0332. The molecule has 3 aromatic rings. The van der Waals surface area contributed by atoms with Gasteiger partial charge in [0.1, 0.15) is 50.2 Å². The second-order valence-corrected chi connectivity index (χ2v) is 30.0. The van der Waals surface area contributed by atoms with E-state index in [1.165, 1.54) is 20.2 Å². The Morgan fingerprint density at radius 1 is 0.738 bits per heavy atom. The van der Waals surface area contributed by atoms with E-state index in [0.717, 1.165) is 13.8 Å². The molecule has 1 aromatic carbocycles. The Kier molecular flexibility index (Phi) is 23.6. The number of imidazole rings is 1. The average Bonchev–Trinajstić information content (AvgIpc) is 4.19. The van der Waals surface area contributed by atoms with E-state index in [2.05, 4.69) is 86.3 Å². The van der Waals surface area contributed by atoms with Gasteiger partial charge in [-0.1, -0.05) is 73.6 Å². The van der Waals surface area contributed by atoms with E-state index in [-0.39, 0.29) is 99.2 Å². The van der Waals surface area contributed by atoms with Crippen molar-refractivity contribution in [3.63, 3.8) is 0 Å². The summed E-state index contributed by atoms with van der Waals surface area (Å²) in [5.41, 5.74) is 1.51. The molecule has 0 saturated carbocycles. The third-order valence-electron chi connectivity index (χ3n) is 14.0. The topological polar surface area (TPSA) is 293 Å². The molecule has 2 aromatic heterocycles. The van der Waals surface area contributed by atoms with Crippen molar-refractivity contribution in [2.45, 2.75) is 180 Å². The number of amides is 3. The Morgan fingerprint density at radius 3 is 2.06 bits per heavy atom. The van der Waals surface area contributed by atoms with Crippen LogP contribution < -0.4 is 16.0 Å². The van der Waals surface area contributed by atoms with Crippen molar-refractivity contribution in [3.05, 3.63) is 48.5 Å². The van der Waals surface area contributed by atoms with Crippen LogP contribution in [0.4, 0.5) is 5.82 Å². The zero-order chi connectivity index (χ0) is 58.3. The second-order valence-electron chi connectivity index (χ2n) is 21.2. The van der Waals surface area contributed by atoms with E-state index in [0.29, 0.717) is 29.6 Å². The number of hydrogen-bond acceptors (Lipinski definition) is 21. The van der Waals surface area contributed by atoms with E-state index < -0.39 is 96.1 Å². The second kappa shape index (κ2) is 29.6. The van der Waals surface area contributed by atoms with Crippen molar-refractivity contribution in [3.8, 4) is 0 Å². The summed E-state index contributed by atoms with van der Waals surface area (Å²) in [4.78, 5) is 87.7. The first-order valence-electron chi connectivity index (χ1n) is 27.3. The number of aromatic nitrogens is 4. The van der Waals surface area contributed by atoms with Gasteiger partial charge in [0.15, 0.2) is 41.7 Å². The molecule has 444 valence electrons. The molecule has 0 unspecified atom stereocenters. The van der Waals surface area contributed by atoms with Gasteiger partial charge in [-0.2, -0.15) is 0 Å². The van der Waals surface area contributed by atoms with Crippen molar-refractivity contribution in [2.75, 3.05) is 58.3 Å². The number of nitrogens with one attached hydrogen (secondary N) is 3. The summed E-state index contributed by atoms with van der Waals surface area (Å²) in [6.07, 6.45) is -3.66. The van der Waals surface area contributed by atoms with Crippen LogP contribution in [0.3, 0.4) is 0 Å². The van der Waals surface area contributed by atoms with Crippen LogP contribution in [0.2, 0.25) is 22.2 Å². The predicted molar refractivity (Wildman–Crippen MR) is 291 cm³/mol. The predicted octanol–water partition coefficient (Wildman–Crippen LogP) is 5.27. The summed E-state index contributed by atoms with van der Waals surface area (Å²) in [5, 5.41) is 8.37. The van der Waals surface area contributed by atoms with Crippen LogP contribution in [0, 0.1) is 0 Å². The molecule has 3 saturated heterocycles. The van der Waals surface area contributed by atoms with E-state index >= 15 is 0 Å². The molecule has 3 N–H and O–H groups in total. The van der Waals surface area contributed by atoms with Gasteiger partial charge < -0.3 is 71.5 Å². The first-order valence-corrected chi connectivity index (χ1v) is 31.3. The lowest BCUT2D eigenvalue weighted by atomic mass is 9.96. The average molecular weight is 1160 g/mol. The van der Waals surface area contributed by atoms with Crippen LogP contribution in [-0.2, 0) is 79.6 Å². The van der Waals surface area contributed by atoms with Gasteiger partial charge in [0.2, 0.25) is 11.8 Å². The number of benzene rings is 1. The molecule has 80 heavy (non-hydrogen) atoms. The Hall–Kier alpha value is -5.34. The summed E-state index contributed by atoms with van der Waals surface area (Å²) >= 11 is 0. The number of rotatable bonds is 27. The molecular weight excluding hydrogens is 1080 g/mol. The van der Waals surface area contributed by atoms with Crippen LogP contribution in [0.15, 0.2) is 43.0 Å². The highest BCUT2D eigenvalue weighted by atomic mass is 28.5. The molecule has 5 heterocycles. The van der Waals surface area contributed by atoms with Crippen LogP contribution in [-0.4, -0.2) is 174 Å². The number of nitrogens with zero attached hydrogens (tertiary/aromatic N) is 4. The Morgan fingerprint density at radius 2 is 1.41 bits per heavy atom. The monoisotopic (exact) mass is 1160 g/mol. The maximum Gasteiger partial charge on any atom is 0.335 e. The highest BCUT2D eigenvalue weighted by Crippen LogP contribution is 2.49. The maximum absolute atomic E-state index is 13.2. The smallest absolute Gasteiger partial charge is 0.335 e.